The lowest BCUT2D eigenvalue weighted by Gasteiger charge is -2.07. The van der Waals surface area contributed by atoms with E-state index >= 15 is 0 Å². The van der Waals surface area contributed by atoms with Crippen LogP contribution in [0.25, 0.3) is 0 Å². The summed E-state index contributed by atoms with van der Waals surface area (Å²) in [7, 11) is -3.02. The molecule has 0 aliphatic carbocycles. The van der Waals surface area contributed by atoms with Crippen LogP contribution in [-0.2, 0) is 9.84 Å². The smallest absolute Gasteiger partial charge is 0.151 e. The average molecular weight is 274 g/mol. The molecular weight excluding hydrogens is 262 g/mol. The maximum atomic E-state index is 11.3. The van der Waals surface area contributed by atoms with Crippen LogP contribution in [0, 0.1) is 11.3 Å². The van der Waals surface area contributed by atoms with Gasteiger partial charge in [-0.25, -0.2) is 13.4 Å². The largest absolute Gasteiger partial charge is 0.368 e. The highest BCUT2D eigenvalue weighted by molar-refractivity contribution is 7.91. The van der Waals surface area contributed by atoms with Crippen LogP contribution in [0.1, 0.15) is 12.5 Å². The minimum absolute atomic E-state index is 0.0122. The minimum Gasteiger partial charge on any atom is -0.368 e. The first kappa shape index (κ1) is 13.7. The third-order valence-corrected chi connectivity index (χ3v) is 4.24. The molecule has 5 nitrogen and oxygen atoms in total. The van der Waals surface area contributed by atoms with Crippen molar-refractivity contribution in [3.8, 4) is 6.07 Å². The third kappa shape index (κ3) is 3.88. The number of hydrogen-bond donors (Lipinski definition) is 1. The van der Waals surface area contributed by atoms with Crippen LogP contribution in [0.15, 0.2) is 12.3 Å². The van der Waals surface area contributed by atoms with E-state index in [0.717, 1.165) is 0 Å². The number of anilines is 1. The molecule has 0 radical (unpaired) electrons. The summed E-state index contributed by atoms with van der Waals surface area (Å²) in [6, 6.07) is 3.42. The number of nitrogens with one attached hydrogen (secondary N) is 1. The number of rotatable bonds is 5. The second kappa shape index (κ2) is 5.84. The second-order valence-corrected chi connectivity index (χ2v) is 6.15. The zero-order chi connectivity index (χ0) is 12.9. The molecule has 0 amide bonds. The Morgan fingerprint density at radius 3 is 2.88 bits per heavy atom. The van der Waals surface area contributed by atoms with Crippen molar-refractivity contribution in [2.24, 2.45) is 0 Å². The van der Waals surface area contributed by atoms with Gasteiger partial charge in [0.2, 0.25) is 0 Å². The molecule has 0 spiro atoms. The summed E-state index contributed by atoms with van der Waals surface area (Å²) in [5, 5.41) is 11.8. The van der Waals surface area contributed by atoms with Crippen LogP contribution in [0.5, 0.6) is 0 Å². The molecule has 0 saturated heterocycles. The topological polar surface area (TPSA) is 82.8 Å². The van der Waals surface area contributed by atoms with Crippen molar-refractivity contribution in [1.82, 2.24) is 4.98 Å². The van der Waals surface area contributed by atoms with Gasteiger partial charge < -0.3 is 5.32 Å². The Bertz CT molecular complexity index is 537. The quantitative estimate of drug-likeness (QED) is 0.878. The number of pyridine rings is 1. The normalized spacial score (nSPS) is 10.9. The highest BCUT2D eigenvalue weighted by Crippen LogP contribution is 2.22. The molecule has 0 fully saturated rings. The molecule has 92 valence electrons. The molecule has 1 N–H and O–H groups in total. The molecule has 1 aromatic heterocycles. The molecule has 17 heavy (non-hydrogen) atoms. The van der Waals surface area contributed by atoms with Crippen molar-refractivity contribution in [2.75, 3.05) is 23.4 Å². The third-order valence-electron chi connectivity index (χ3n) is 2.16. The Labute approximate surface area is 105 Å². The van der Waals surface area contributed by atoms with Gasteiger partial charge in [-0.3, -0.25) is 0 Å². The molecule has 1 aromatic rings. The van der Waals surface area contributed by atoms with Crippen molar-refractivity contribution >= 4 is 27.3 Å². The van der Waals surface area contributed by atoms with Gasteiger partial charge in [-0.05, 0) is 6.07 Å². The number of sulfone groups is 1. The zero-order valence-electron chi connectivity index (χ0n) is 9.27. The van der Waals surface area contributed by atoms with Gasteiger partial charge in [-0.2, -0.15) is 5.26 Å². The number of hydrogen-bond acceptors (Lipinski definition) is 5. The van der Waals surface area contributed by atoms with Gasteiger partial charge >= 0.3 is 0 Å². The van der Waals surface area contributed by atoms with Gasteiger partial charge in [-0.15, -0.1) is 0 Å². The van der Waals surface area contributed by atoms with E-state index in [0.29, 0.717) is 11.4 Å². The van der Waals surface area contributed by atoms with Gasteiger partial charge in [0.05, 0.1) is 11.3 Å². The zero-order valence-corrected chi connectivity index (χ0v) is 10.8. The standard InChI is InChI=1S/C10H12ClN3O2S/c1-2-17(15,16)6-5-14-10-9(11)8(7-12)3-4-13-10/h3-4H,2,5-6H2,1H3,(H,13,14). The predicted molar refractivity (Wildman–Crippen MR) is 66.8 cm³/mol. The predicted octanol–water partition coefficient (Wildman–Crippen LogP) is 1.45. The first-order valence-corrected chi connectivity index (χ1v) is 7.19. The maximum Gasteiger partial charge on any atom is 0.151 e. The molecule has 0 saturated carbocycles. The molecule has 0 aromatic carbocycles. The van der Waals surface area contributed by atoms with E-state index in [1.54, 1.807) is 6.92 Å². The van der Waals surface area contributed by atoms with E-state index < -0.39 is 9.84 Å². The van der Waals surface area contributed by atoms with Crippen LogP contribution in [0.2, 0.25) is 5.02 Å². The Hall–Kier alpha value is -1.32. The van der Waals surface area contributed by atoms with Crippen molar-refractivity contribution in [3.05, 3.63) is 22.8 Å². The minimum atomic E-state index is -3.02. The molecular formula is C10H12ClN3O2S. The van der Waals surface area contributed by atoms with Crippen LogP contribution in [-0.4, -0.2) is 31.5 Å². The molecule has 0 aliphatic rings. The maximum absolute atomic E-state index is 11.3. The van der Waals surface area contributed by atoms with Crippen LogP contribution >= 0.6 is 11.6 Å². The van der Waals surface area contributed by atoms with E-state index in [4.69, 9.17) is 16.9 Å². The van der Waals surface area contributed by atoms with Gasteiger partial charge in [0.25, 0.3) is 0 Å². The molecule has 0 bridgehead atoms. The number of nitriles is 1. The summed E-state index contributed by atoms with van der Waals surface area (Å²) in [5.41, 5.74) is 0.308. The lowest BCUT2D eigenvalue weighted by molar-refractivity contribution is 0.597. The van der Waals surface area contributed by atoms with Gasteiger partial charge in [0.1, 0.15) is 16.9 Å². The van der Waals surface area contributed by atoms with Crippen LogP contribution in [0.4, 0.5) is 5.82 Å². The molecule has 0 unspecified atom stereocenters. The second-order valence-electron chi connectivity index (χ2n) is 3.30. The van der Waals surface area contributed by atoms with Crippen molar-refractivity contribution < 1.29 is 8.42 Å². The fourth-order valence-corrected chi connectivity index (χ4v) is 2.05. The van der Waals surface area contributed by atoms with Crippen LogP contribution < -0.4 is 5.32 Å². The highest BCUT2D eigenvalue weighted by Gasteiger charge is 2.09. The number of nitrogens with zero attached hydrogens (tertiary/aromatic N) is 2. The van der Waals surface area contributed by atoms with Crippen molar-refractivity contribution in [1.29, 1.82) is 5.26 Å². The Morgan fingerprint density at radius 2 is 2.29 bits per heavy atom. The fraction of sp³-hybridized carbons (Fsp3) is 0.400. The Kier molecular flexibility index (Phi) is 4.73. The molecule has 1 rings (SSSR count). The SMILES string of the molecule is CCS(=O)(=O)CCNc1nccc(C#N)c1Cl. The fourth-order valence-electron chi connectivity index (χ4n) is 1.12. The van der Waals surface area contributed by atoms with Crippen molar-refractivity contribution in [3.63, 3.8) is 0 Å². The van der Waals surface area contributed by atoms with E-state index in [9.17, 15) is 8.42 Å². The molecule has 0 aliphatic heterocycles. The monoisotopic (exact) mass is 273 g/mol. The van der Waals surface area contributed by atoms with E-state index in [1.165, 1.54) is 12.3 Å². The van der Waals surface area contributed by atoms with Gasteiger partial charge in [0, 0.05) is 18.5 Å². The summed E-state index contributed by atoms with van der Waals surface area (Å²) in [5.74, 6) is 0.448. The molecule has 7 heteroatoms. The summed E-state index contributed by atoms with van der Waals surface area (Å²) in [6.07, 6.45) is 1.45. The lowest BCUT2D eigenvalue weighted by Crippen LogP contribution is -2.17. The van der Waals surface area contributed by atoms with E-state index in [-0.39, 0.29) is 23.1 Å². The van der Waals surface area contributed by atoms with Gasteiger partial charge in [0.15, 0.2) is 9.84 Å². The van der Waals surface area contributed by atoms with E-state index in [1.807, 2.05) is 6.07 Å². The summed E-state index contributed by atoms with van der Waals surface area (Å²) >= 11 is 5.90. The summed E-state index contributed by atoms with van der Waals surface area (Å²) < 4.78 is 22.5. The first-order valence-electron chi connectivity index (χ1n) is 4.99. The highest BCUT2D eigenvalue weighted by atomic mass is 35.5. The Morgan fingerprint density at radius 1 is 1.59 bits per heavy atom. The molecule has 0 atom stereocenters. The van der Waals surface area contributed by atoms with Gasteiger partial charge in [-0.1, -0.05) is 18.5 Å². The van der Waals surface area contributed by atoms with Crippen LogP contribution in [0.3, 0.4) is 0 Å². The number of halogens is 1. The lowest BCUT2D eigenvalue weighted by atomic mass is 10.3. The Balaban J connectivity index is 2.69. The first-order chi connectivity index (χ1) is 8.00. The summed E-state index contributed by atoms with van der Waals surface area (Å²) in [6.45, 7) is 1.81. The average Bonchev–Trinajstić information content (AvgIpc) is 2.31. The van der Waals surface area contributed by atoms with E-state index in [2.05, 4.69) is 10.3 Å². The molecule has 1 heterocycles. The summed E-state index contributed by atoms with van der Waals surface area (Å²) in [4.78, 5) is 3.94. The number of aromatic nitrogens is 1. The van der Waals surface area contributed by atoms with Crippen molar-refractivity contribution in [2.45, 2.75) is 6.92 Å².